The Morgan fingerprint density at radius 3 is 2.63 bits per heavy atom. The van der Waals surface area contributed by atoms with Crippen molar-refractivity contribution >= 4 is 22.8 Å². The summed E-state index contributed by atoms with van der Waals surface area (Å²) in [5, 5.41) is 0.940. The predicted octanol–water partition coefficient (Wildman–Crippen LogP) is 2.87. The van der Waals surface area contributed by atoms with Crippen LogP contribution in [0.1, 0.15) is 50.0 Å². The molecule has 106 valence electrons. The summed E-state index contributed by atoms with van der Waals surface area (Å²) in [5.41, 5.74) is 0.792. The van der Waals surface area contributed by atoms with E-state index in [0.29, 0.717) is 12.6 Å². The summed E-state index contributed by atoms with van der Waals surface area (Å²) >= 11 is 1.49. The second-order valence-corrected chi connectivity index (χ2v) is 7.23. The SMILES string of the molecule is CC1CN(c2nc(C(C)(C)C)c(C=O)s2)C(C)CO1. The van der Waals surface area contributed by atoms with Gasteiger partial charge < -0.3 is 9.64 Å². The van der Waals surface area contributed by atoms with E-state index in [2.05, 4.69) is 39.5 Å². The molecule has 2 unspecified atom stereocenters. The monoisotopic (exact) mass is 282 g/mol. The van der Waals surface area contributed by atoms with Gasteiger partial charge in [0.2, 0.25) is 0 Å². The molecule has 0 bridgehead atoms. The molecule has 0 amide bonds. The highest BCUT2D eigenvalue weighted by molar-refractivity contribution is 7.17. The number of ether oxygens (including phenoxy) is 1. The minimum atomic E-state index is -0.105. The van der Waals surface area contributed by atoms with E-state index in [1.165, 1.54) is 11.3 Å². The van der Waals surface area contributed by atoms with Crippen molar-refractivity contribution in [1.29, 1.82) is 0 Å². The van der Waals surface area contributed by atoms with Crippen molar-refractivity contribution in [3.63, 3.8) is 0 Å². The lowest BCUT2D eigenvalue weighted by Gasteiger charge is -2.36. The molecule has 0 saturated carbocycles. The van der Waals surface area contributed by atoms with Crippen LogP contribution in [0.15, 0.2) is 0 Å². The van der Waals surface area contributed by atoms with Gasteiger partial charge in [0.15, 0.2) is 11.4 Å². The summed E-state index contributed by atoms with van der Waals surface area (Å²) < 4.78 is 5.64. The van der Waals surface area contributed by atoms with Crippen LogP contribution < -0.4 is 4.90 Å². The zero-order valence-corrected chi connectivity index (χ0v) is 13.1. The van der Waals surface area contributed by atoms with Crippen LogP contribution in [0.3, 0.4) is 0 Å². The molecule has 1 aliphatic heterocycles. The molecule has 2 rings (SSSR count). The number of carbonyl (C=O) groups excluding carboxylic acids is 1. The van der Waals surface area contributed by atoms with Gasteiger partial charge in [-0.15, -0.1) is 0 Å². The first kappa shape index (κ1) is 14.5. The van der Waals surface area contributed by atoms with E-state index < -0.39 is 0 Å². The van der Waals surface area contributed by atoms with Crippen LogP contribution in [0.4, 0.5) is 5.13 Å². The molecule has 0 radical (unpaired) electrons. The standard InChI is InChI=1S/C14H22N2O2S/c1-9-8-18-10(2)6-16(9)13-15-12(14(3,4)5)11(7-17)19-13/h7,9-10H,6,8H2,1-5H3. The molecule has 1 saturated heterocycles. The lowest BCUT2D eigenvalue weighted by molar-refractivity contribution is 0.0343. The van der Waals surface area contributed by atoms with Gasteiger partial charge in [0, 0.05) is 12.0 Å². The van der Waals surface area contributed by atoms with Gasteiger partial charge in [-0.2, -0.15) is 0 Å². The zero-order valence-electron chi connectivity index (χ0n) is 12.3. The molecule has 1 aromatic heterocycles. The molecule has 0 aromatic carbocycles. The van der Waals surface area contributed by atoms with E-state index in [4.69, 9.17) is 9.72 Å². The lowest BCUT2D eigenvalue weighted by atomic mass is 9.91. The molecule has 1 aromatic rings. The molecule has 5 heteroatoms. The Labute approximate surface area is 118 Å². The smallest absolute Gasteiger partial charge is 0.186 e. The van der Waals surface area contributed by atoms with Crippen LogP contribution in [0.5, 0.6) is 0 Å². The van der Waals surface area contributed by atoms with Gasteiger partial charge in [-0.1, -0.05) is 32.1 Å². The fraction of sp³-hybridized carbons (Fsp3) is 0.714. The number of aldehydes is 1. The Hall–Kier alpha value is -0.940. The highest BCUT2D eigenvalue weighted by Gasteiger charge is 2.29. The number of thiazole rings is 1. The average molecular weight is 282 g/mol. The topological polar surface area (TPSA) is 42.4 Å². The highest BCUT2D eigenvalue weighted by atomic mass is 32.1. The largest absolute Gasteiger partial charge is 0.375 e. The molecular formula is C14H22N2O2S. The summed E-state index contributed by atoms with van der Waals surface area (Å²) in [5.74, 6) is 0. The summed E-state index contributed by atoms with van der Waals surface area (Å²) in [6.07, 6.45) is 1.13. The van der Waals surface area contributed by atoms with Gasteiger partial charge in [0.05, 0.1) is 29.3 Å². The maximum Gasteiger partial charge on any atom is 0.186 e. The maximum absolute atomic E-state index is 11.2. The van der Waals surface area contributed by atoms with E-state index >= 15 is 0 Å². The van der Waals surface area contributed by atoms with Gasteiger partial charge >= 0.3 is 0 Å². The van der Waals surface area contributed by atoms with Crippen molar-refractivity contribution in [2.24, 2.45) is 0 Å². The average Bonchev–Trinajstić information content (AvgIpc) is 2.76. The number of nitrogens with zero attached hydrogens (tertiary/aromatic N) is 2. The van der Waals surface area contributed by atoms with Crippen LogP contribution >= 0.6 is 11.3 Å². The number of morpholine rings is 1. The van der Waals surface area contributed by atoms with E-state index in [-0.39, 0.29) is 11.5 Å². The number of hydrogen-bond acceptors (Lipinski definition) is 5. The number of hydrogen-bond donors (Lipinski definition) is 0. The Kier molecular flexibility index (Phi) is 3.97. The maximum atomic E-state index is 11.2. The van der Waals surface area contributed by atoms with Crippen LogP contribution in [0, 0.1) is 0 Å². The van der Waals surface area contributed by atoms with Crippen LogP contribution in [-0.2, 0) is 10.2 Å². The van der Waals surface area contributed by atoms with Gasteiger partial charge in [0.1, 0.15) is 0 Å². The van der Waals surface area contributed by atoms with Crippen molar-refractivity contribution in [1.82, 2.24) is 4.98 Å². The predicted molar refractivity (Wildman–Crippen MR) is 78.4 cm³/mol. The van der Waals surface area contributed by atoms with Gasteiger partial charge in [-0.3, -0.25) is 4.79 Å². The Morgan fingerprint density at radius 2 is 2.11 bits per heavy atom. The van der Waals surface area contributed by atoms with Gasteiger partial charge in [-0.05, 0) is 13.8 Å². The van der Waals surface area contributed by atoms with E-state index in [1.807, 2.05) is 0 Å². The summed E-state index contributed by atoms with van der Waals surface area (Å²) in [6.45, 7) is 12.0. The fourth-order valence-electron chi connectivity index (χ4n) is 2.23. The number of carbonyl (C=O) groups is 1. The Bertz CT molecular complexity index is 465. The molecule has 4 nitrogen and oxygen atoms in total. The lowest BCUT2D eigenvalue weighted by Crippen LogP contribution is -2.47. The first-order chi connectivity index (χ1) is 8.82. The van der Waals surface area contributed by atoms with E-state index in [9.17, 15) is 4.79 Å². The number of aromatic nitrogens is 1. The van der Waals surface area contributed by atoms with Crippen molar-refractivity contribution < 1.29 is 9.53 Å². The van der Waals surface area contributed by atoms with E-state index in [1.54, 1.807) is 0 Å². The molecule has 1 aliphatic rings. The molecule has 2 heterocycles. The summed E-state index contributed by atoms with van der Waals surface area (Å²) in [6, 6.07) is 0.301. The van der Waals surface area contributed by atoms with Crippen LogP contribution in [0.25, 0.3) is 0 Å². The second kappa shape index (κ2) is 5.21. The molecule has 2 atom stereocenters. The number of anilines is 1. The second-order valence-electron chi connectivity index (χ2n) is 6.22. The molecule has 0 N–H and O–H groups in total. The minimum Gasteiger partial charge on any atom is -0.375 e. The van der Waals surface area contributed by atoms with Gasteiger partial charge in [-0.25, -0.2) is 4.98 Å². The van der Waals surface area contributed by atoms with Gasteiger partial charge in [0.25, 0.3) is 0 Å². The van der Waals surface area contributed by atoms with Crippen LogP contribution in [0.2, 0.25) is 0 Å². The quantitative estimate of drug-likeness (QED) is 0.782. The third kappa shape index (κ3) is 2.98. The molecule has 19 heavy (non-hydrogen) atoms. The Balaban J connectivity index is 2.35. The highest BCUT2D eigenvalue weighted by Crippen LogP contribution is 2.34. The van der Waals surface area contributed by atoms with Crippen molar-refractivity contribution in [3.8, 4) is 0 Å². The third-order valence-electron chi connectivity index (χ3n) is 3.31. The van der Waals surface area contributed by atoms with Crippen molar-refractivity contribution in [2.75, 3.05) is 18.1 Å². The molecular weight excluding hydrogens is 260 g/mol. The fourth-order valence-corrected chi connectivity index (χ4v) is 3.43. The first-order valence-corrected chi connectivity index (χ1v) is 7.49. The molecule has 0 aliphatic carbocycles. The summed E-state index contributed by atoms with van der Waals surface area (Å²) in [4.78, 5) is 19.0. The first-order valence-electron chi connectivity index (χ1n) is 6.67. The molecule has 1 fully saturated rings. The van der Waals surface area contributed by atoms with Crippen LogP contribution in [-0.4, -0.2) is 36.6 Å². The minimum absolute atomic E-state index is 0.105. The third-order valence-corrected chi connectivity index (χ3v) is 4.33. The van der Waals surface area contributed by atoms with Crippen molar-refractivity contribution in [2.45, 2.75) is 52.2 Å². The number of rotatable bonds is 2. The summed E-state index contributed by atoms with van der Waals surface area (Å²) in [7, 11) is 0. The zero-order chi connectivity index (χ0) is 14.2. The Morgan fingerprint density at radius 1 is 1.42 bits per heavy atom. The normalized spacial score (nSPS) is 24.6. The van der Waals surface area contributed by atoms with E-state index in [0.717, 1.165) is 28.5 Å². The molecule has 0 spiro atoms. The van der Waals surface area contributed by atoms with Crippen molar-refractivity contribution in [3.05, 3.63) is 10.6 Å².